The van der Waals surface area contributed by atoms with E-state index in [1.165, 1.54) is 6.07 Å². The summed E-state index contributed by atoms with van der Waals surface area (Å²) in [5, 5.41) is 9.46. The summed E-state index contributed by atoms with van der Waals surface area (Å²) in [4.78, 5) is 13.2. The van der Waals surface area contributed by atoms with Gasteiger partial charge >= 0.3 is 5.97 Å². The van der Waals surface area contributed by atoms with Crippen LogP contribution in [0.1, 0.15) is 34.3 Å². The molecule has 6 heteroatoms. The van der Waals surface area contributed by atoms with E-state index >= 15 is 0 Å². The van der Waals surface area contributed by atoms with E-state index in [-0.39, 0.29) is 30.9 Å². The van der Waals surface area contributed by atoms with Crippen LogP contribution in [0.25, 0.3) is 0 Å². The zero-order valence-corrected chi connectivity index (χ0v) is 14.3. The number of carboxylic acid groups (broad SMARTS) is 1. The summed E-state index contributed by atoms with van der Waals surface area (Å²) in [5.74, 6) is -3.50. The highest BCUT2D eigenvalue weighted by Crippen LogP contribution is 2.28. The van der Waals surface area contributed by atoms with Gasteiger partial charge in [-0.25, -0.2) is 13.6 Å². The number of nitrogens with zero attached hydrogens (tertiary/aromatic N) is 1. The number of carbonyl (C=O) groups is 1. The van der Waals surface area contributed by atoms with Crippen LogP contribution in [0.3, 0.4) is 0 Å². The summed E-state index contributed by atoms with van der Waals surface area (Å²) < 4.78 is 32.7. The molecule has 0 aromatic heterocycles. The van der Waals surface area contributed by atoms with E-state index in [2.05, 4.69) is 0 Å². The van der Waals surface area contributed by atoms with Gasteiger partial charge in [0.2, 0.25) is 0 Å². The first-order chi connectivity index (χ1) is 12.4. The summed E-state index contributed by atoms with van der Waals surface area (Å²) in [6, 6.07) is 14.3. The van der Waals surface area contributed by atoms with Crippen LogP contribution in [0.2, 0.25) is 0 Å². The van der Waals surface area contributed by atoms with Crippen LogP contribution >= 0.6 is 0 Å². The molecule has 1 saturated heterocycles. The summed E-state index contributed by atoms with van der Waals surface area (Å²) in [7, 11) is 0. The van der Waals surface area contributed by atoms with Gasteiger partial charge in [-0.05, 0) is 36.2 Å². The fourth-order valence-electron chi connectivity index (χ4n) is 3.14. The maximum atomic E-state index is 13.5. The molecule has 0 radical (unpaired) electrons. The Balaban J connectivity index is 1.71. The molecule has 2 aromatic carbocycles. The molecule has 4 nitrogen and oxygen atoms in total. The van der Waals surface area contributed by atoms with Crippen LogP contribution in [0.15, 0.2) is 48.5 Å². The van der Waals surface area contributed by atoms with Gasteiger partial charge in [0.15, 0.2) is 0 Å². The summed E-state index contributed by atoms with van der Waals surface area (Å²) in [6.07, 6.45) is 0.354. The standard InChI is InChI=1S/C20H21F2NO3/c21-20(22)9-4-10-23(14-20)12-16-7-8-18(17(11-16)19(24)25)26-13-15-5-2-1-3-6-15/h1-3,5-8,11H,4,9-10,12-14H2,(H,24,25). The highest BCUT2D eigenvalue weighted by molar-refractivity contribution is 5.91. The number of halogens is 2. The van der Waals surface area contributed by atoms with Crippen molar-refractivity contribution in [2.24, 2.45) is 0 Å². The minimum absolute atomic E-state index is 0.0437. The van der Waals surface area contributed by atoms with Gasteiger partial charge in [0, 0.05) is 13.0 Å². The number of aromatic carboxylic acids is 1. The lowest BCUT2D eigenvalue weighted by atomic mass is 10.0. The third kappa shape index (κ3) is 4.79. The van der Waals surface area contributed by atoms with E-state index in [1.54, 1.807) is 17.0 Å². The zero-order valence-electron chi connectivity index (χ0n) is 14.3. The van der Waals surface area contributed by atoms with Crippen molar-refractivity contribution in [2.45, 2.75) is 31.9 Å². The van der Waals surface area contributed by atoms with Gasteiger partial charge in [0.25, 0.3) is 5.92 Å². The van der Waals surface area contributed by atoms with E-state index < -0.39 is 11.9 Å². The van der Waals surface area contributed by atoms with Crippen molar-refractivity contribution in [1.29, 1.82) is 0 Å². The van der Waals surface area contributed by atoms with E-state index in [0.717, 1.165) is 5.56 Å². The lowest BCUT2D eigenvalue weighted by Gasteiger charge is -2.32. The molecule has 1 N–H and O–H groups in total. The van der Waals surface area contributed by atoms with Crippen LogP contribution in [0.5, 0.6) is 5.75 Å². The fourth-order valence-corrected chi connectivity index (χ4v) is 3.14. The number of piperidine rings is 1. The Morgan fingerprint density at radius 2 is 1.92 bits per heavy atom. The molecule has 138 valence electrons. The summed E-state index contributed by atoms with van der Waals surface area (Å²) in [6.45, 7) is 0.861. The van der Waals surface area contributed by atoms with Crippen molar-refractivity contribution in [1.82, 2.24) is 4.90 Å². The third-order valence-electron chi connectivity index (χ3n) is 4.39. The molecule has 3 rings (SSSR count). The summed E-state index contributed by atoms with van der Waals surface area (Å²) >= 11 is 0. The largest absolute Gasteiger partial charge is 0.488 e. The van der Waals surface area contributed by atoms with Crippen LogP contribution in [-0.4, -0.2) is 35.0 Å². The number of carboxylic acids is 1. The monoisotopic (exact) mass is 361 g/mol. The number of hydrogen-bond acceptors (Lipinski definition) is 3. The van der Waals surface area contributed by atoms with Crippen molar-refractivity contribution in [3.63, 3.8) is 0 Å². The van der Waals surface area contributed by atoms with Gasteiger partial charge in [-0.2, -0.15) is 0 Å². The Morgan fingerprint density at radius 1 is 1.15 bits per heavy atom. The van der Waals surface area contributed by atoms with Crippen molar-refractivity contribution in [2.75, 3.05) is 13.1 Å². The first-order valence-corrected chi connectivity index (χ1v) is 8.56. The molecule has 2 aromatic rings. The minimum atomic E-state index is -2.67. The Morgan fingerprint density at radius 3 is 2.62 bits per heavy atom. The predicted molar refractivity (Wildman–Crippen MR) is 93.6 cm³/mol. The summed E-state index contributed by atoms with van der Waals surface area (Å²) in [5.41, 5.74) is 1.66. The van der Waals surface area contributed by atoms with Gasteiger partial charge in [-0.1, -0.05) is 36.4 Å². The van der Waals surface area contributed by atoms with E-state index in [0.29, 0.717) is 25.1 Å². The average Bonchev–Trinajstić information content (AvgIpc) is 2.60. The number of alkyl halides is 2. The molecule has 1 fully saturated rings. The topological polar surface area (TPSA) is 49.8 Å². The molecule has 0 saturated carbocycles. The van der Waals surface area contributed by atoms with E-state index in [9.17, 15) is 18.7 Å². The van der Waals surface area contributed by atoms with Crippen LogP contribution in [0.4, 0.5) is 8.78 Å². The molecule has 1 heterocycles. The van der Waals surface area contributed by atoms with Gasteiger partial charge in [0.1, 0.15) is 17.9 Å². The second kappa shape index (κ2) is 7.83. The first kappa shape index (κ1) is 18.3. The van der Waals surface area contributed by atoms with Crippen molar-refractivity contribution in [3.8, 4) is 5.75 Å². The van der Waals surface area contributed by atoms with Gasteiger partial charge in [-0.3, -0.25) is 4.90 Å². The van der Waals surface area contributed by atoms with E-state index in [1.807, 2.05) is 30.3 Å². The smallest absolute Gasteiger partial charge is 0.339 e. The zero-order chi connectivity index (χ0) is 18.6. The Labute approximate surface area is 151 Å². The number of rotatable bonds is 6. The molecule has 26 heavy (non-hydrogen) atoms. The normalized spacial score (nSPS) is 17.0. The van der Waals surface area contributed by atoms with Gasteiger partial charge in [-0.15, -0.1) is 0 Å². The molecular weight excluding hydrogens is 340 g/mol. The highest BCUT2D eigenvalue weighted by Gasteiger charge is 2.35. The third-order valence-corrected chi connectivity index (χ3v) is 4.39. The van der Waals surface area contributed by atoms with Gasteiger partial charge < -0.3 is 9.84 Å². The number of hydrogen-bond donors (Lipinski definition) is 1. The van der Waals surface area contributed by atoms with Crippen LogP contribution in [0, 0.1) is 0 Å². The highest BCUT2D eigenvalue weighted by atomic mass is 19.3. The predicted octanol–water partition coefficient (Wildman–Crippen LogP) is 4.19. The number of benzene rings is 2. The van der Waals surface area contributed by atoms with Crippen LogP contribution in [-0.2, 0) is 13.2 Å². The molecule has 0 spiro atoms. The molecule has 0 amide bonds. The SMILES string of the molecule is O=C(O)c1cc(CN2CCCC(F)(F)C2)ccc1OCc1ccccc1. The maximum absolute atomic E-state index is 13.5. The number of likely N-dealkylation sites (tertiary alicyclic amines) is 1. The van der Waals surface area contributed by atoms with Crippen molar-refractivity contribution < 1.29 is 23.4 Å². The first-order valence-electron chi connectivity index (χ1n) is 8.56. The lowest BCUT2D eigenvalue weighted by molar-refractivity contribution is -0.0661. The minimum Gasteiger partial charge on any atom is -0.488 e. The fraction of sp³-hybridized carbons (Fsp3) is 0.350. The lowest BCUT2D eigenvalue weighted by Crippen LogP contribution is -2.42. The second-order valence-electron chi connectivity index (χ2n) is 6.58. The molecule has 0 bridgehead atoms. The maximum Gasteiger partial charge on any atom is 0.339 e. The molecular formula is C20H21F2NO3. The molecule has 1 aliphatic heterocycles. The van der Waals surface area contributed by atoms with Crippen molar-refractivity contribution in [3.05, 3.63) is 65.2 Å². The Bertz CT molecular complexity index is 765. The van der Waals surface area contributed by atoms with Crippen molar-refractivity contribution >= 4 is 5.97 Å². The Hall–Kier alpha value is -2.47. The second-order valence-corrected chi connectivity index (χ2v) is 6.58. The average molecular weight is 361 g/mol. The molecule has 1 aliphatic rings. The number of ether oxygens (including phenoxy) is 1. The van der Waals surface area contributed by atoms with Crippen LogP contribution < -0.4 is 4.74 Å². The Kier molecular flexibility index (Phi) is 5.52. The molecule has 0 aliphatic carbocycles. The quantitative estimate of drug-likeness (QED) is 0.838. The molecule has 0 atom stereocenters. The van der Waals surface area contributed by atoms with Gasteiger partial charge in [0.05, 0.1) is 6.54 Å². The molecule has 0 unspecified atom stereocenters. The van der Waals surface area contributed by atoms with E-state index in [4.69, 9.17) is 4.74 Å².